The molecule has 1 N–H and O–H groups in total. The van der Waals surface area contributed by atoms with Gasteiger partial charge in [0.15, 0.2) is 0 Å². The Morgan fingerprint density at radius 1 is 1.32 bits per heavy atom. The van der Waals surface area contributed by atoms with Crippen LogP contribution in [-0.2, 0) is 11.3 Å². The number of rotatable bonds is 3. The van der Waals surface area contributed by atoms with E-state index in [2.05, 4.69) is 13.8 Å². The fraction of sp³-hybridized carbons (Fsp3) is 0.571. The first-order valence-corrected chi connectivity index (χ1v) is 6.55. The Kier molecular flexibility index (Phi) is 3.64. The monoisotopic (exact) mass is 264 g/mol. The number of aliphatic carboxylic acids is 1. The summed E-state index contributed by atoms with van der Waals surface area (Å²) in [6.07, 6.45) is 3.60. The molecule has 104 valence electrons. The first-order chi connectivity index (χ1) is 8.89. The van der Waals surface area contributed by atoms with Gasteiger partial charge in [0.1, 0.15) is 12.2 Å². The first-order valence-electron chi connectivity index (χ1n) is 6.55. The van der Waals surface area contributed by atoms with E-state index < -0.39 is 5.97 Å². The summed E-state index contributed by atoms with van der Waals surface area (Å²) >= 11 is 0. The van der Waals surface area contributed by atoms with Gasteiger partial charge < -0.3 is 14.6 Å². The highest BCUT2D eigenvalue weighted by molar-refractivity contribution is 5.93. The van der Waals surface area contributed by atoms with Gasteiger partial charge >= 0.3 is 5.97 Å². The molecule has 1 aromatic rings. The second-order valence-electron chi connectivity index (χ2n) is 5.87. The van der Waals surface area contributed by atoms with Crippen LogP contribution in [0.5, 0.6) is 0 Å². The van der Waals surface area contributed by atoms with Crippen molar-refractivity contribution >= 4 is 11.9 Å². The molecule has 19 heavy (non-hydrogen) atoms. The Hall–Kier alpha value is -1.78. The number of aromatic nitrogens is 1. The van der Waals surface area contributed by atoms with Gasteiger partial charge in [-0.15, -0.1) is 0 Å². The second kappa shape index (κ2) is 5.07. The number of piperidine rings is 1. The highest BCUT2D eigenvalue weighted by Gasteiger charge is 2.29. The molecule has 0 unspecified atom stereocenters. The van der Waals surface area contributed by atoms with Crippen molar-refractivity contribution in [1.82, 2.24) is 9.47 Å². The maximum atomic E-state index is 12.4. The number of carboxylic acid groups (broad SMARTS) is 1. The molecule has 1 amide bonds. The summed E-state index contributed by atoms with van der Waals surface area (Å²) in [6, 6.07) is 3.40. The second-order valence-corrected chi connectivity index (χ2v) is 5.87. The quantitative estimate of drug-likeness (QED) is 0.906. The van der Waals surface area contributed by atoms with Gasteiger partial charge in [0, 0.05) is 19.3 Å². The Labute approximate surface area is 112 Å². The van der Waals surface area contributed by atoms with Crippen molar-refractivity contribution in [1.29, 1.82) is 0 Å². The highest BCUT2D eigenvalue weighted by Crippen LogP contribution is 2.30. The van der Waals surface area contributed by atoms with Crippen molar-refractivity contribution in [2.24, 2.45) is 5.41 Å². The average Bonchev–Trinajstić information content (AvgIpc) is 2.75. The molecule has 1 saturated heterocycles. The minimum atomic E-state index is -0.940. The van der Waals surface area contributed by atoms with E-state index in [-0.39, 0.29) is 12.5 Å². The van der Waals surface area contributed by atoms with E-state index in [1.54, 1.807) is 18.3 Å². The van der Waals surface area contributed by atoms with Crippen LogP contribution >= 0.6 is 0 Å². The van der Waals surface area contributed by atoms with E-state index in [0.717, 1.165) is 25.9 Å². The number of carboxylic acids is 1. The maximum Gasteiger partial charge on any atom is 0.323 e. The standard InChI is InChI=1S/C14H20N2O3/c1-14(2)5-8-15(9-6-14)13(19)11-4-3-7-16(11)10-12(17)18/h3-4,7H,5-6,8-10H2,1-2H3,(H,17,18). The van der Waals surface area contributed by atoms with Crippen molar-refractivity contribution in [3.63, 3.8) is 0 Å². The smallest absolute Gasteiger partial charge is 0.323 e. The zero-order valence-corrected chi connectivity index (χ0v) is 11.4. The molecule has 5 nitrogen and oxygen atoms in total. The van der Waals surface area contributed by atoms with Gasteiger partial charge in [-0.2, -0.15) is 0 Å². The van der Waals surface area contributed by atoms with E-state index in [1.165, 1.54) is 4.57 Å². The molecule has 0 radical (unpaired) electrons. The summed E-state index contributed by atoms with van der Waals surface area (Å²) in [5.41, 5.74) is 0.752. The largest absolute Gasteiger partial charge is 0.480 e. The minimum absolute atomic E-state index is 0.0678. The molecule has 0 aromatic carbocycles. The first kappa shape index (κ1) is 13.6. The van der Waals surface area contributed by atoms with E-state index in [1.807, 2.05) is 4.90 Å². The van der Waals surface area contributed by atoms with Crippen molar-refractivity contribution < 1.29 is 14.7 Å². The van der Waals surface area contributed by atoms with Gasteiger partial charge in [-0.3, -0.25) is 9.59 Å². The molecule has 0 bridgehead atoms. The van der Waals surface area contributed by atoms with Crippen molar-refractivity contribution in [3.05, 3.63) is 24.0 Å². The Bertz CT molecular complexity index is 481. The zero-order valence-electron chi connectivity index (χ0n) is 11.4. The van der Waals surface area contributed by atoms with Gasteiger partial charge in [0.25, 0.3) is 5.91 Å². The van der Waals surface area contributed by atoms with Gasteiger partial charge in [-0.05, 0) is 30.4 Å². The summed E-state index contributed by atoms with van der Waals surface area (Å²) in [4.78, 5) is 25.0. The van der Waals surface area contributed by atoms with E-state index in [4.69, 9.17) is 5.11 Å². The zero-order chi connectivity index (χ0) is 14.0. The number of carbonyl (C=O) groups excluding carboxylic acids is 1. The molecule has 0 aliphatic carbocycles. The molecule has 1 aromatic heterocycles. The molecule has 2 rings (SSSR count). The summed E-state index contributed by atoms with van der Waals surface area (Å²) in [5.74, 6) is -1.01. The number of likely N-dealkylation sites (tertiary alicyclic amines) is 1. The molecule has 2 heterocycles. The lowest BCUT2D eigenvalue weighted by atomic mass is 9.82. The fourth-order valence-electron chi connectivity index (χ4n) is 2.37. The summed E-state index contributed by atoms with van der Waals surface area (Å²) in [6.45, 7) is 5.73. The summed E-state index contributed by atoms with van der Waals surface area (Å²) < 4.78 is 1.49. The van der Waals surface area contributed by atoms with Crippen LogP contribution in [0.2, 0.25) is 0 Å². The number of nitrogens with zero attached hydrogens (tertiary/aromatic N) is 2. The van der Waals surface area contributed by atoms with Crippen molar-refractivity contribution in [2.75, 3.05) is 13.1 Å². The molecule has 0 atom stereocenters. The molecule has 5 heteroatoms. The molecule has 0 saturated carbocycles. The van der Waals surface area contributed by atoms with Gasteiger partial charge in [0.05, 0.1) is 0 Å². The third-order valence-electron chi connectivity index (χ3n) is 3.76. The normalized spacial score (nSPS) is 18.3. The molecular weight excluding hydrogens is 244 g/mol. The van der Waals surface area contributed by atoms with Crippen LogP contribution in [-0.4, -0.2) is 39.5 Å². The third-order valence-corrected chi connectivity index (χ3v) is 3.76. The fourth-order valence-corrected chi connectivity index (χ4v) is 2.37. The van der Waals surface area contributed by atoms with Gasteiger partial charge in [-0.1, -0.05) is 13.8 Å². The number of hydrogen-bond donors (Lipinski definition) is 1. The summed E-state index contributed by atoms with van der Waals surface area (Å²) in [5, 5.41) is 8.82. The lowest BCUT2D eigenvalue weighted by molar-refractivity contribution is -0.137. The molecular formula is C14H20N2O3. The number of hydrogen-bond acceptors (Lipinski definition) is 2. The molecule has 1 aliphatic heterocycles. The molecule has 1 aliphatic rings. The van der Waals surface area contributed by atoms with Crippen LogP contribution in [0, 0.1) is 5.41 Å². The Morgan fingerprint density at radius 2 is 1.95 bits per heavy atom. The maximum absolute atomic E-state index is 12.4. The van der Waals surface area contributed by atoms with Crippen molar-refractivity contribution in [2.45, 2.75) is 33.2 Å². The van der Waals surface area contributed by atoms with Crippen LogP contribution in [0.3, 0.4) is 0 Å². The van der Waals surface area contributed by atoms with Crippen LogP contribution in [0.1, 0.15) is 37.2 Å². The van der Waals surface area contributed by atoms with E-state index in [0.29, 0.717) is 11.1 Å². The molecule has 1 fully saturated rings. The van der Waals surface area contributed by atoms with Crippen molar-refractivity contribution in [3.8, 4) is 0 Å². The summed E-state index contributed by atoms with van der Waals surface area (Å²) in [7, 11) is 0. The van der Waals surface area contributed by atoms with Crippen LogP contribution < -0.4 is 0 Å². The van der Waals surface area contributed by atoms with Crippen LogP contribution in [0.4, 0.5) is 0 Å². The predicted octanol–water partition coefficient (Wildman–Crippen LogP) is 1.83. The SMILES string of the molecule is CC1(C)CCN(C(=O)c2cccn2CC(=O)O)CC1. The third kappa shape index (κ3) is 3.16. The molecule has 0 spiro atoms. The lowest BCUT2D eigenvalue weighted by Gasteiger charge is -2.36. The minimum Gasteiger partial charge on any atom is -0.480 e. The van der Waals surface area contributed by atoms with E-state index >= 15 is 0 Å². The van der Waals surface area contributed by atoms with Crippen LogP contribution in [0.25, 0.3) is 0 Å². The predicted molar refractivity (Wildman–Crippen MR) is 71.0 cm³/mol. The topological polar surface area (TPSA) is 62.5 Å². The van der Waals surface area contributed by atoms with Gasteiger partial charge in [-0.25, -0.2) is 0 Å². The highest BCUT2D eigenvalue weighted by atomic mass is 16.4. The van der Waals surface area contributed by atoms with Crippen LogP contribution in [0.15, 0.2) is 18.3 Å². The van der Waals surface area contributed by atoms with Gasteiger partial charge in [0.2, 0.25) is 0 Å². The Balaban J connectivity index is 2.08. The number of amides is 1. The lowest BCUT2D eigenvalue weighted by Crippen LogP contribution is -2.41. The van der Waals surface area contributed by atoms with E-state index in [9.17, 15) is 9.59 Å². The Morgan fingerprint density at radius 3 is 2.53 bits per heavy atom. The average molecular weight is 264 g/mol. The number of carbonyl (C=O) groups is 2.